The van der Waals surface area contributed by atoms with Gasteiger partial charge in [0.15, 0.2) is 0 Å². The molecule has 0 atom stereocenters. The summed E-state index contributed by atoms with van der Waals surface area (Å²) in [7, 11) is 1.78. The van der Waals surface area contributed by atoms with E-state index in [1.54, 1.807) is 11.9 Å². The molecule has 1 aliphatic carbocycles. The van der Waals surface area contributed by atoms with Gasteiger partial charge in [-0.25, -0.2) is 9.59 Å². The van der Waals surface area contributed by atoms with Crippen LogP contribution in [0.2, 0.25) is 0 Å². The van der Waals surface area contributed by atoms with Gasteiger partial charge in [-0.2, -0.15) is 0 Å². The standard InChI is InChI=1S/C25H45N3O5/c1-24(2,3)32-22(30)26-16-18-8-10-20(11-9-18)21(29)28-14-12-19(13-15-28)17-27(7)23(31)33-25(4,5)6/h18-20H,8-17H2,1-7H3,(H,26,30). The van der Waals surface area contributed by atoms with Gasteiger partial charge in [-0.1, -0.05) is 0 Å². The van der Waals surface area contributed by atoms with Crippen molar-refractivity contribution in [2.24, 2.45) is 17.8 Å². The molecule has 2 fully saturated rings. The number of amides is 3. The molecule has 33 heavy (non-hydrogen) atoms. The molecule has 8 heteroatoms. The summed E-state index contributed by atoms with van der Waals surface area (Å²) in [4.78, 5) is 40.7. The summed E-state index contributed by atoms with van der Waals surface area (Å²) in [5.41, 5.74) is -0.987. The lowest BCUT2D eigenvalue weighted by Crippen LogP contribution is -2.45. The van der Waals surface area contributed by atoms with E-state index in [1.807, 2.05) is 46.4 Å². The summed E-state index contributed by atoms with van der Waals surface area (Å²) in [6.07, 6.45) is 4.80. The lowest BCUT2D eigenvalue weighted by molar-refractivity contribution is -0.138. The summed E-state index contributed by atoms with van der Waals surface area (Å²) in [6, 6.07) is 0. The third-order valence-corrected chi connectivity index (χ3v) is 6.29. The van der Waals surface area contributed by atoms with Gasteiger partial charge in [-0.3, -0.25) is 4.79 Å². The highest BCUT2D eigenvalue weighted by Crippen LogP contribution is 2.31. The fourth-order valence-electron chi connectivity index (χ4n) is 4.55. The summed E-state index contributed by atoms with van der Waals surface area (Å²) >= 11 is 0. The molecule has 1 saturated heterocycles. The van der Waals surface area contributed by atoms with Gasteiger partial charge in [0.25, 0.3) is 0 Å². The molecule has 0 bridgehead atoms. The number of likely N-dealkylation sites (tertiary alicyclic amines) is 1. The molecular weight excluding hydrogens is 422 g/mol. The van der Waals surface area contributed by atoms with Gasteiger partial charge in [0.1, 0.15) is 11.2 Å². The normalized spacial score (nSPS) is 22.5. The van der Waals surface area contributed by atoms with Crippen molar-refractivity contribution < 1.29 is 23.9 Å². The van der Waals surface area contributed by atoms with E-state index in [9.17, 15) is 14.4 Å². The SMILES string of the molecule is CN(CC1CCN(C(=O)C2CCC(CNC(=O)OC(C)(C)C)CC2)CC1)C(=O)OC(C)(C)C. The minimum absolute atomic E-state index is 0.0868. The van der Waals surface area contributed by atoms with Crippen molar-refractivity contribution in [2.45, 2.75) is 91.3 Å². The Morgan fingerprint density at radius 1 is 0.848 bits per heavy atom. The molecule has 190 valence electrons. The number of nitrogens with zero attached hydrogens (tertiary/aromatic N) is 2. The van der Waals surface area contributed by atoms with E-state index in [2.05, 4.69) is 5.32 Å². The molecule has 1 saturated carbocycles. The lowest BCUT2D eigenvalue weighted by atomic mass is 9.81. The Morgan fingerprint density at radius 3 is 1.91 bits per heavy atom. The third kappa shape index (κ3) is 9.80. The first-order valence-electron chi connectivity index (χ1n) is 12.4. The van der Waals surface area contributed by atoms with Crippen molar-refractivity contribution in [1.82, 2.24) is 15.1 Å². The molecule has 1 N–H and O–H groups in total. The van der Waals surface area contributed by atoms with Crippen LogP contribution in [-0.2, 0) is 14.3 Å². The van der Waals surface area contributed by atoms with Gasteiger partial charge < -0.3 is 24.6 Å². The molecule has 0 aromatic heterocycles. The van der Waals surface area contributed by atoms with E-state index in [0.29, 0.717) is 24.9 Å². The molecule has 0 radical (unpaired) electrons. The van der Waals surface area contributed by atoms with Gasteiger partial charge in [-0.15, -0.1) is 0 Å². The molecule has 2 rings (SSSR count). The van der Waals surface area contributed by atoms with Gasteiger partial charge in [0.05, 0.1) is 0 Å². The van der Waals surface area contributed by atoms with Crippen molar-refractivity contribution >= 4 is 18.1 Å². The van der Waals surface area contributed by atoms with Crippen LogP contribution in [-0.4, -0.2) is 72.3 Å². The van der Waals surface area contributed by atoms with Crippen LogP contribution in [0.1, 0.15) is 80.1 Å². The first-order valence-corrected chi connectivity index (χ1v) is 12.4. The van der Waals surface area contributed by atoms with Crippen molar-refractivity contribution in [2.75, 3.05) is 33.2 Å². The summed E-state index contributed by atoms with van der Waals surface area (Å²) < 4.78 is 10.7. The molecular formula is C25H45N3O5. The molecule has 2 aliphatic rings. The van der Waals surface area contributed by atoms with E-state index >= 15 is 0 Å². The predicted octanol–water partition coefficient (Wildman–Crippen LogP) is 4.42. The van der Waals surface area contributed by atoms with E-state index in [0.717, 1.165) is 51.6 Å². The number of hydrogen-bond acceptors (Lipinski definition) is 5. The molecule has 0 aromatic rings. The zero-order valence-corrected chi connectivity index (χ0v) is 21.7. The second kappa shape index (κ2) is 11.4. The fraction of sp³-hybridized carbons (Fsp3) is 0.880. The van der Waals surface area contributed by atoms with E-state index < -0.39 is 11.2 Å². The van der Waals surface area contributed by atoms with Crippen molar-refractivity contribution in [3.05, 3.63) is 0 Å². The maximum atomic E-state index is 13.0. The van der Waals surface area contributed by atoms with E-state index in [-0.39, 0.29) is 24.0 Å². The lowest BCUT2D eigenvalue weighted by Gasteiger charge is -2.37. The molecule has 8 nitrogen and oxygen atoms in total. The average Bonchev–Trinajstić information content (AvgIpc) is 2.70. The van der Waals surface area contributed by atoms with Crippen LogP contribution in [0.3, 0.4) is 0 Å². The minimum Gasteiger partial charge on any atom is -0.444 e. The van der Waals surface area contributed by atoms with Gasteiger partial charge in [-0.05, 0) is 91.9 Å². The minimum atomic E-state index is -0.494. The van der Waals surface area contributed by atoms with Crippen LogP contribution >= 0.6 is 0 Å². The predicted molar refractivity (Wildman–Crippen MR) is 128 cm³/mol. The number of piperidine rings is 1. The Labute approximate surface area is 199 Å². The number of alkyl carbamates (subject to hydrolysis) is 1. The van der Waals surface area contributed by atoms with Crippen LogP contribution in [0.25, 0.3) is 0 Å². The van der Waals surface area contributed by atoms with E-state index in [1.165, 1.54) is 0 Å². The molecule has 0 unspecified atom stereocenters. The first kappa shape index (κ1) is 27.3. The summed E-state index contributed by atoms with van der Waals surface area (Å²) in [5, 5.41) is 2.86. The molecule has 1 aliphatic heterocycles. The molecule has 0 aromatic carbocycles. The number of ether oxygens (including phenoxy) is 2. The Bertz CT molecular complexity index is 667. The Balaban J connectivity index is 1.68. The van der Waals surface area contributed by atoms with Crippen molar-refractivity contribution in [1.29, 1.82) is 0 Å². The summed E-state index contributed by atoms with van der Waals surface area (Å²) in [6.45, 7) is 13.9. The van der Waals surface area contributed by atoms with Crippen LogP contribution in [0.15, 0.2) is 0 Å². The van der Waals surface area contributed by atoms with E-state index in [4.69, 9.17) is 9.47 Å². The number of carbonyl (C=O) groups is 3. The van der Waals surface area contributed by atoms with Gasteiger partial charge in [0.2, 0.25) is 5.91 Å². The molecule has 1 heterocycles. The number of hydrogen-bond donors (Lipinski definition) is 1. The number of rotatable bonds is 5. The topological polar surface area (TPSA) is 88.2 Å². The van der Waals surface area contributed by atoms with Crippen molar-refractivity contribution in [3.63, 3.8) is 0 Å². The first-order chi connectivity index (χ1) is 15.2. The van der Waals surface area contributed by atoms with Crippen LogP contribution in [0.5, 0.6) is 0 Å². The highest BCUT2D eigenvalue weighted by atomic mass is 16.6. The van der Waals surface area contributed by atoms with Crippen LogP contribution in [0, 0.1) is 17.8 Å². The monoisotopic (exact) mass is 467 g/mol. The zero-order chi connectivity index (χ0) is 24.8. The number of carbonyl (C=O) groups excluding carboxylic acids is 3. The number of nitrogens with one attached hydrogen (secondary N) is 1. The second-order valence-corrected chi connectivity index (χ2v) is 11.7. The zero-order valence-electron chi connectivity index (χ0n) is 21.7. The largest absolute Gasteiger partial charge is 0.444 e. The maximum Gasteiger partial charge on any atom is 0.410 e. The quantitative estimate of drug-likeness (QED) is 0.646. The average molecular weight is 468 g/mol. The second-order valence-electron chi connectivity index (χ2n) is 11.7. The molecule has 3 amide bonds. The highest BCUT2D eigenvalue weighted by molar-refractivity contribution is 5.79. The Morgan fingerprint density at radius 2 is 1.39 bits per heavy atom. The highest BCUT2D eigenvalue weighted by Gasteiger charge is 2.32. The Kier molecular flexibility index (Phi) is 9.44. The molecule has 0 spiro atoms. The Hall–Kier alpha value is -1.99. The van der Waals surface area contributed by atoms with Crippen LogP contribution < -0.4 is 5.32 Å². The maximum absolute atomic E-state index is 13.0. The summed E-state index contributed by atoms with van der Waals surface area (Å²) in [5.74, 6) is 1.15. The van der Waals surface area contributed by atoms with Gasteiger partial charge >= 0.3 is 12.2 Å². The van der Waals surface area contributed by atoms with Crippen molar-refractivity contribution in [3.8, 4) is 0 Å². The van der Waals surface area contributed by atoms with Crippen LogP contribution in [0.4, 0.5) is 9.59 Å². The fourth-order valence-corrected chi connectivity index (χ4v) is 4.55. The smallest absolute Gasteiger partial charge is 0.410 e. The van der Waals surface area contributed by atoms with Gasteiger partial charge in [0, 0.05) is 39.1 Å². The third-order valence-electron chi connectivity index (χ3n) is 6.29.